The Morgan fingerprint density at radius 3 is 2.88 bits per heavy atom. The molecule has 0 atom stereocenters. The first-order valence-electron chi connectivity index (χ1n) is 7.72. The van der Waals surface area contributed by atoms with Crippen molar-refractivity contribution in [1.29, 1.82) is 0 Å². The summed E-state index contributed by atoms with van der Waals surface area (Å²) in [6, 6.07) is 15.9. The minimum atomic E-state index is 0.0315. The SMILES string of the molecule is C=CCSc1nc2ccc(NC(=O)CCc3ccccc3)cc2s1. The number of amides is 1. The predicted octanol–water partition coefficient (Wildman–Crippen LogP) is 5.15. The van der Waals surface area contributed by atoms with Gasteiger partial charge >= 0.3 is 0 Å². The molecule has 5 heteroatoms. The number of rotatable bonds is 7. The maximum atomic E-state index is 12.1. The largest absolute Gasteiger partial charge is 0.326 e. The fourth-order valence-electron chi connectivity index (χ4n) is 2.30. The van der Waals surface area contributed by atoms with Crippen molar-refractivity contribution in [3.8, 4) is 0 Å². The van der Waals surface area contributed by atoms with Crippen LogP contribution in [0.25, 0.3) is 10.2 Å². The molecule has 1 heterocycles. The molecule has 0 saturated heterocycles. The number of thiazole rings is 1. The van der Waals surface area contributed by atoms with Crippen LogP contribution in [0.15, 0.2) is 65.5 Å². The van der Waals surface area contributed by atoms with Gasteiger partial charge in [0.2, 0.25) is 5.91 Å². The van der Waals surface area contributed by atoms with Gasteiger partial charge in [0.1, 0.15) is 0 Å². The second-order valence-electron chi connectivity index (χ2n) is 5.30. The lowest BCUT2D eigenvalue weighted by atomic mass is 10.1. The maximum Gasteiger partial charge on any atom is 0.224 e. The molecule has 0 radical (unpaired) electrons. The van der Waals surface area contributed by atoms with Gasteiger partial charge in [-0.1, -0.05) is 48.2 Å². The zero-order chi connectivity index (χ0) is 16.8. The Hall–Kier alpha value is -2.11. The van der Waals surface area contributed by atoms with E-state index in [9.17, 15) is 4.79 Å². The fourth-order valence-corrected chi connectivity index (χ4v) is 4.17. The van der Waals surface area contributed by atoms with Crippen molar-refractivity contribution in [1.82, 2.24) is 4.98 Å². The Bertz CT molecular complexity index is 843. The molecule has 2 aromatic carbocycles. The van der Waals surface area contributed by atoms with E-state index in [1.54, 1.807) is 23.1 Å². The molecule has 0 fully saturated rings. The number of thioether (sulfide) groups is 1. The van der Waals surface area contributed by atoms with Gasteiger partial charge in [-0.15, -0.1) is 17.9 Å². The highest BCUT2D eigenvalue weighted by molar-refractivity contribution is 8.01. The van der Waals surface area contributed by atoms with Crippen molar-refractivity contribution in [2.45, 2.75) is 17.2 Å². The molecular weight excluding hydrogens is 336 g/mol. The molecule has 122 valence electrons. The van der Waals surface area contributed by atoms with E-state index >= 15 is 0 Å². The molecule has 24 heavy (non-hydrogen) atoms. The first-order valence-corrected chi connectivity index (χ1v) is 9.53. The predicted molar refractivity (Wildman–Crippen MR) is 104 cm³/mol. The topological polar surface area (TPSA) is 42.0 Å². The summed E-state index contributed by atoms with van der Waals surface area (Å²) in [4.78, 5) is 16.7. The number of hydrogen-bond acceptors (Lipinski definition) is 4. The lowest BCUT2D eigenvalue weighted by molar-refractivity contribution is -0.116. The second-order valence-corrected chi connectivity index (χ2v) is 7.59. The molecule has 0 unspecified atom stereocenters. The lowest BCUT2D eigenvalue weighted by Gasteiger charge is -2.05. The number of nitrogens with one attached hydrogen (secondary N) is 1. The third kappa shape index (κ3) is 4.46. The van der Waals surface area contributed by atoms with E-state index < -0.39 is 0 Å². The average Bonchev–Trinajstić information content (AvgIpc) is 3.01. The zero-order valence-corrected chi connectivity index (χ0v) is 14.8. The molecule has 1 N–H and O–H groups in total. The van der Waals surface area contributed by atoms with Crippen LogP contribution in [0.3, 0.4) is 0 Å². The highest BCUT2D eigenvalue weighted by Gasteiger charge is 2.07. The third-order valence-corrected chi connectivity index (χ3v) is 5.62. The quantitative estimate of drug-likeness (QED) is 0.471. The Kier molecular flexibility index (Phi) is 5.67. The van der Waals surface area contributed by atoms with Crippen molar-refractivity contribution in [2.75, 3.05) is 11.1 Å². The Morgan fingerprint density at radius 2 is 2.08 bits per heavy atom. The van der Waals surface area contributed by atoms with Gasteiger partial charge in [-0.2, -0.15) is 0 Å². The summed E-state index contributed by atoms with van der Waals surface area (Å²) in [5, 5.41) is 2.97. The maximum absolute atomic E-state index is 12.1. The summed E-state index contributed by atoms with van der Waals surface area (Å²) in [6.07, 6.45) is 3.10. The van der Waals surface area contributed by atoms with Crippen LogP contribution in [0.4, 0.5) is 5.69 Å². The molecule has 0 bridgehead atoms. The number of carbonyl (C=O) groups excluding carboxylic acids is 1. The Labute approximate surface area is 149 Å². The number of hydrogen-bond donors (Lipinski definition) is 1. The highest BCUT2D eigenvalue weighted by atomic mass is 32.2. The molecule has 1 aromatic heterocycles. The number of aromatic nitrogens is 1. The zero-order valence-electron chi connectivity index (χ0n) is 13.2. The summed E-state index contributed by atoms with van der Waals surface area (Å²) in [6.45, 7) is 3.72. The van der Waals surface area contributed by atoms with Gasteiger partial charge in [0, 0.05) is 17.9 Å². The first kappa shape index (κ1) is 16.7. The number of fused-ring (bicyclic) bond motifs is 1. The van der Waals surface area contributed by atoms with Crippen molar-refractivity contribution >= 4 is 44.9 Å². The molecule has 0 aliphatic heterocycles. The molecule has 3 aromatic rings. The van der Waals surface area contributed by atoms with Gasteiger partial charge in [0.05, 0.1) is 10.2 Å². The average molecular weight is 354 g/mol. The molecule has 0 aliphatic carbocycles. The summed E-state index contributed by atoms with van der Waals surface area (Å²) < 4.78 is 2.11. The van der Waals surface area contributed by atoms with Crippen molar-refractivity contribution < 1.29 is 4.79 Å². The number of aryl methyl sites for hydroxylation is 1. The Morgan fingerprint density at radius 1 is 1.25 bits per heavy atom. The lowest BCUT2D eigenvalue weighted by Crippen LogP contribution is -2.12. The minimum absolute atomic E-state index is 0.0315. The second kappa shape index (κ2) is 8.13. The summed E-state index contributed by atoms with van der Waals surface area (Å²) in [5.41, 5.74) is 2.97. The van der Waals surface area contributed by atoms with Crippen LogP contribution < -0.4 is 5.32 Å². The monoisotopic (exact) mass is 354 g/mol. The van der Waals surface area contributed by atoms with E-state index in [2.05, 4.69) is 16.9 Å². The van der Waals surface area contributed by atoms with Gasteiger partial charge in [-0.05, 0) is 30.2 Å². The van der Waals surface area contributed by atoms with Gasteiger partial charge in [0.25, 0.3) is 0 Å². The van der Waals surface area contributed by atoms with Crippen LogP contribution in [0.2, 0.25) is 0 Å². The molecule has 0 spiro atoms. The van der Waals surface area contributed by atoms with E-state index in [4.69, 9.17) is 0 Å². The van der Waals surface area contributed by atoms with E-state index in [0.29, 0.717) is 6.42 Å². The summed E-state index contributed by atoms with van der Waals surface area (Å²) in [5.74, 6) is 0.882. The summed E-state index contributed by atoms with van der Waals surface area (Å²) in [7, 11) is 0. The molecule has 1 amide bonds. The standard InChI is InChI=1S/C19H18N2OS2/c1-2-12-23-19-21-16-10-9-15(13-17(16)24-19)20-18(22)11-8-14-6-4-3-5-7-14/h2-7,9-10,13H,1,8,11-12H2,(H,20,22). The van der Waals surface area contributed by atoms with Gasteiger partial charge < -0.3 is 5.32 Å². The van der Waals surface area contributed by atoms with E-state index in [-0.39, 0.29) is 5.91 Å². The van der Waals surface area contributed by atoms with Gasteiger partial charge in [-0.3, -0.25) is 4.79 Å². The smallest absolute Gasteiger partial charge is 0.224 e. The summed E-state index contributed by atoms with van der Waals surface area (Å²) >= 11 is 3.32. The molecule has 3 rings (SSSR count). The molecule has 0 aliphatic rings. The van der Waals surface area contributed by atoms with Crippen molar-refractivity contribution in [2.24, 2.45) is 0 Å². The first-order chi connectivity index (χ1) is 11.7. The van der Waals surface area contributed by atoms with Crippen LogP contribution in [0, 0.1) is 0 Å². The van der Waals surface area contributed by atoms with Crippen LogP contribution in [-0.4, -0.2) is 16.6 Å². The molecule has 0 saturated carbocycles. The fraction of sp³-hybridized carbons (Fsp3) is 0.158. The van der Waals surface area contributed by atoms with Crippen LogP contribution in [0.5, 0.6) is 0 Å². The minimum Gasteiger partial charge on any atom is -0.326 e. The number of carbonyl (C=O) groups is 1. The van der Waals surface area contributed by atoms with Gasteiger partial charge in [-0.25, -0.2) is 4.98 Å². The molecular formula is C19H18N2OS2. The number of benzene rings is 2. The highest BCUT2D eigenvalue weighted by Crippen LogP contribution is 2.31. The van der Waals surface area contributed by atoms with Crippen molar-refractivity contribution in [3.05, 3.63) is 66.7 Å². The molecule has 3 nitrogen and oxygen atoms in total. The van der Waals surface area contributed by atoms with E-state index in [0.717, 1.165) is 32.4 Å². The number of anilines is 1. The van der Waals surface area contributed by atoms with Gasteiger partial charge in [0.15, 0.2) is 4.34 Å². The van der Waals surface area contributed by atoms with E-state index in [1.165, 1.54) is 5.56 Å². The Balaban J connectivity index is 1.61. The van der Waals surface area contributed by atoms with Crippen LogP contribution in [-0.2, 0) is 11.2 Å². The normalized spacial score (nSPS) is 10.7. The van der Waals surface area contributed by atoms with Crippen LogP contribution >= 0.6 is 23.1 Å². The van der Waals surface area contributed by atoms with Crippen molar-refractivity contribution in [3.63, 3.8) is 0 Å². The third-order valence-electron chi connectivity index (χ3n) is 3.46. The van der Waals surface area contributed by atoms with E-state index in [1.807, 2.05) is 54.6 Å². The number of nitrogens with zero attached hydrogens (tertiary/aromatic N) is 1. The van der Waals surface area contributed by atoms with Crippen LogP contribution in [0.1, 0.15) is 12.0 Å².